The number of sulfonamides is 1. The number of thiophene rings is 1. The van der Waals surface area contributed by atoms with Crippen molar-refractivity contribution >= 4 is 67.5 Å². The smallest absolute Gasteiger partial charge is 0.264 e. The van der Waals surface area contributed by atoms with Crippen molar-refractivity contribution in [1.82, 2.24) is 0 Å². The molecule has 0 aliphatic rings. The monoisotopic (exact) mass is 356 g/mol. The molecular weight excluding hydrogens is 351 g/mol. The number of nitrogen functional groups attached to an aromatic ring is 1. The van der Waals surface area contributed by atoms with Crippen molar-refractivity contribution in [2.24, 2.45) is 0 Å². The van der Waals surface area contributed by atoms with Gasteiger partial charge in [0.05, 0.1) is 20.7 Å². The van der Waals surface area contributed by atoms with E-state index >= 15 is 0 Å². The fourth-order valence-electron chi connectivity index (χ4n) is 1.33. The van der Waals surface area contributed by atoms with Crippen LogP contribution in [0.4, 0.5) is 11.4 Å². The molecule has 2 aromatic rings. The van der Waals surface area contributed by atoms with Crippen LogP contribution in [0.2, 0.25) is 13.7 Å². The highest BCUT2D eigenvalue weighted by atomic mass is 35.5. The zero-order chi connectivity index (χ0) is 14.2. The SMILES string of the molecule is Nc1cc(NS(=O)(=O)c2cc(Cl)sc2Cl)ccc1Cl. The second-order valence-electron chi connectivity index (χ2n) is 3.53. The highest BCUT2D eigenvalue weighted by Crippen LogP contribution is 2.35. The lowest BCUT2D eigenvalue weighted by Crippen LogP contribution is -2.12. The van der Waals surface area contributed by atoms with Crippen LogP contribution in [0, 0.1) is 0 Å². The van der Waals surface area contributed by atoms with Crippen LogP contribution in [0.5, 0.6) is 0 Å². The van der Waals surface area contributed by atoms with Crippen LogP contribution in [0.3, 0.4) is 0 Å². The van der Waals surface area contributed by atoms with Crippen LogP contribution in [0.15, 0.2) is 29.2 Å². The number of hydrogen-bond donors (Lipinski definition) is 2. The molecule has 102 valence electrons. The van der Waals surface area contributed by atoms with Crippen molar-refractivity contribution in [2.75, 3.05) is 10.5 Å². The third-order valence-corrected chi connectivity index (χ3v) is 5.64. The number of rotatable bonds is 3. The zero-order valence-electron chi connectivity index (χ0n) is 9.15. The summed E-state index contributed by atoms with van der Waals surface area (Å²) < 4.78 is 27.0. The van der Waals surface area contributed by atoms with Gasteiger partial charge >= 0.3 is 0 Å². The van der Waals surface area contributed by atoms with E-state index in [1.165, 1.54) is 24.3 Å². The Balaban J connectivity index is 2.36. The molecule has 2 rings (SSSR count). The Morgan fingerprint density at radius 2 is 1.84 bits per heavy atom. The fraction of sp³-hybridized carbons (Fsp3) is 0. The molecule has 19 heavy (non-hydrogen) atoms. The van der Waals surface area contributed by atoms with Crippen LogP contribution in [-0.2, 0) is 10.0 Å². The van der Waals surface area contributed by atoms with E-state index in [4.69, 9.17) is 40.5 Å². The fourth-order valence-corrected chi connectivity index (χ4v) is 4.64. The van der Waals surface area contributed by atoms with Gasteiger partial charge in [0, 0.05) is 0 Å². The lowest BCUT2D eigenvalue weighted by molar-refractivity contribution is 0.601. The number of nitrogens with one attached hydrogen (secondary N) is 1. The van der Waals surface area contributed by atoms with E-state index in [0.717, 1.165) is 11.3 Å². The summed E-state index contributed by atoms with van der Waals surface area (Å²) in [4.78, 5) is -0.0716. The Morgan fingerprint density at radius 3 is 2.37 bits per heavy atom. The summed E-state index contributed by atoms with van der Waals surface area (Å²) in [5.74, 6) is 0. The molecule has 0 radical (unpaired) electrons. The number of hydrogen-bond acceptors (Lipinski definition) is 4. The molecule has 1 aromatic heterocycles. The Bertz CT molecular complexity index is 728. The zero-order valence-corrected chi connectivity index (χ0v) is 13.1. The highest BCUT2D eigenvalue weighted by Gasteiger charge is 2.21. The van der Waals surface area contributed by atoms with Crippen LogP contribution in [0.1, 0.15) is 0 Å². The molecule has 0 spiro atoms. The molecule has 4 nitrogen and oxygen atoms in total. The number of anilines is 2. The first-order chi connectivity index (χ1) is 8.79. The molecule has 0 saturated carbocycles. The first-order valence-corrected chi connectivity index (χ1v) is 8.25. The van der Waals surface area contributed by atoms with Gasteiger partial charge in [0.15, 0.2) is 0 Å². The molecule has 1 heterocycles. The maximum Gasteiger partial charge on any atom is 0.264 e. The molecular formula is C10H7Cl3N2O2S2. The summed E-state index contributed by atoms with van der Waals surface area (Å²) >= 11 is 18.3. The summed E-state index contributed by atoms with van der Waals surface area (Å²) in [6.07, 6.45) is 0. The number of halogens is 3. The average Bonchev–Trinajstić information content (AvgIpc) is 2.63. The van der Waals surface area contributed by atoms with Crippen molar-refractivity contribution in [2.45, 2.75) is 4.90 Å². The van der Waals surface area contributed by atoms with Gasteiger partial charge in [0.2, 0.25) is 0 Å². The summed E-state index contributed by atoms with van der Waals surface area (Å²) in [6, 6.07) is 5.70. The summed E-state index contributed by atoms with van der Waals surface area (Å²) in [7, 11) is -3.81. The standard InChI is InChI=1S/C10H7Cl3N2O2S2/c11-6-2-1-5(3-7(6)14)15-19(16,17)8-4-9(12)18-10(8)13/h1-4,15H,14H2. The minimum Gasteiger partial charge on any atom is -0.397 e. The van der Waals surface area contributed by atoms with E-state index in [1.54, 1.807) is 0 Å². The molecule has 0 atom stereocenters. The molecule has 9 heteroatoms. The van der Waals surface area contributed by atoms with Crippen molar-refractivity contribution in [3.63, 3.8) is 0 Å². The summed E-state index contributed by atoms with van der Waals surface area (Å²) in [5.41, 5.74) is 6.17. The minimum atomic E-state index is -3.81. The molecule has 0 bridgehead atoms. The molecule has 0 unspecified atom stereocenters. The van der Waals surface area contributed by atoms with Gasteiger partial charge in [-0.2, -0.15) is 0 Å². The second-order valence-corrected chi connectivity index (χ2v) is 7.87. The minimum absolute atomic E-state index is 0.0716. The normalized spacial score (nSPS) is 11.5. The Hall–Kier alpha value is -0.660. The highest BCUT2D eigenvalue weighted by molar-refractivity contribution is 7.93. The lowest BCUT2D eigenvalue weighted by Gasteiger charge is -2.08. The topological polar surface area (TPSA) is 72.2 Å². The van der Waals surface area contributed by atoms with Crippen LogP contribution in [-0.4, -0.2) is 8.42 Å². The molecule has 0 amide bonds. The van der Waals surface area contributed by atoms with Crippen molar-refractivity contribution in [3.05, 3.63) is 38.0 Å². The van der Waals surface area contributed by atoms with Gasteiger partial charge < -0.3 is 5.73 Å². The van der Waals surface area contributed by atoms with Gasteiger partial charge in [-0.15, -0.1) is 11.3 Å². The van der Waals surface area contributed by atoms with E-state index < -0.39 is 10.0 Å². The quantitative estimate of drug-likeness (QED) is 0.813. The predicted molar refractivity (Wildman–Crippen MR) is 81.0 cm³/mol. The maximum absolute atomic E-state index is 12.1. The van der Waals surface area contributed by atoms with E-state index in [-0.39, 0.29) is 14.9 Å². The second kappa shape index (κ2) is 5.38. The van der Waals surface area contributed by atoms with Crippen molar-refractivity contribution in [3.8, 4) is 0 Å². The summed E-state index contributed by atoms with van der Waals surface area (Å²) in [6.45, 7) is 0. The van der Waals surface area contributed by atoms with Gasteiger partial charge in [-0.05, 0) is 24.3 Å². The van der Waals surface area contributed by atoms with Gasteiger partial charge in [-0.25, -0.2) is 8.42 Å². The summed E-state index contributed by atoms with van der Waals surface area (Å²) in [5, 5.41) is 0.347. The van der Waals surface area contributed by atoms with Crippen LogP contribution in [0.25, 0.3) is 0 Å². The molecule has 1 aromatic carbocycles. The largest absolute Gasteiger partial charge is 0.397 e. The Morgan fingerprint density at radius 1 is 1.16 bits per heavy atom. The van der Waals surface area contributed by atoms with Crippen LogP contribution >= 0.6 is 46.1 Å². The molecule has 3 N–H and O–H groups in total. The van der Waals surface area contributed by atoms with E-state index in [2.05, 4.69) is 4.72 Å². The van der Waals surface area contributed by atoms with E-state index in [1.807, 2.05) is 0 Å². The molecule has 0 saturated heterocycles. The molecule has 0 aliphatic heterocycles. The van der Waals surface area contributed by atoms with Gasteiger partial charge in [0.1, 0.15) is 9.23 Å². The first kappa shape index (κ1) is 14.7. The van der Waals surface area contributed by atoms with E-state index in [0.29, 0.717) is 15.0 Å². The first-order valence-electron chi connectivity index (χ1n) is 4.82. The Labute approximate surface area is 129 Å². The molecule has 0 fully saturated rings. The average molecular weight is 358 g/mol. The third kappa shape index (κ3) is 3.27. The number of benzene rings is 1. The van der Waals surface area contributed by atoms with Gasteiger partial charge in [0.25, 0.3) is 10.0 Å². The van der Waals surface area contributed by atoms with Crippen LogP contribution < -0.4 is 10.5 Å². The Kier molecular flexibility index (Phi) is 4.17. The molecule has 0 aliphatic carbocycles. The van der Waals surface area contributed by atoms with E-state index in [9.17, 15) is 8.42 Å². The van der Waals surface area contributed by atoms with Gasteiger partial charge in [-0.1, -0.05) is 34.8 Å². The van der Waals surface area contributed by atoms with Crippen molar-refractivity contribution in [1.29, 1.82) is 0 Å². The maximum atomic E-state index is 12.1. The van der Waals surface area contributed by atoms with Gasteiger partial charge in [-0.3, -0.25) is 4.72 Å². The number of nitrogens with two attached hydrogens (primary N) is 1. The third-order valence-electron chi connectivity index (χ3n) is 2.16. The lowest BCUT2D eigenvalue weighted by atomic mass is 10.3. The van der Waals surface area contributed by atoms with Crippen molar-refractivity contribution < 1.29 is 8.42 Å². The predicted octanol–water partition coefficient (Wildman–Crippen LogP) is 4.09.